The maximum Gasteiger partial charge on any atom is 0.0550 e. The summed E-state index contributed by atoms with van der Waals surface area (Å²) >= 11 is 13.1. The van der Waals surface area contributed by atoms with Gasteiger partial charge in [-0.3, -0.25) is 0 Å². The van der Waals surface area contributed by atoms with Crippen molar-refractivity contribution in [3.05, 3.63) is 27.7 Å². The van der Waals surface area contributed by atoms with Gasteiger partial charge in [0.05, 0.1) is 5.02 Å². The molecular formula is C6H4BrClS. The van der Waals surface area contributed by atoms with Gasteiger partial charge in [-0.2, -0.15) is 0 Å². The fraction of sp³-hybridized carbons (Fsp3) is 0. The van der Waals surface area contributed by atoms with Crippen molar-refractivity contribution in [2.75, 3.05) is 0 Å². The highest BCUT2D eigenvalue weighted by molar-refractivity contribution is 9.10. The summed E-state index contributed by atoms with van der Waals surface area (Å²) in [5.41, 5.74) is 0. The second-order valence-corrected chi connectivity index (χ2v) is 3.28. The molecule has 0 spiro atoms. The Morgan fingerprint density at radius 2 is 2.11 bits per heavy atom. The van der Waals surface area contributed by atoms with Crippen LogP contribution >= 0.6 is 40.2 Å². The lowest BCUT2D eigenvalue weighted by Gasteiger charge is -1.96. The van der Waals surface area contributed by atoms with E-state index in [2.05, 4.69) is 28.6 Å². The maximum absolute atomic E-state index is 5.71. The van der Waals surface area contributed by atoms with Crippen molar-refractivity contribution in [3.63, 3.8) is 0 Å². The molecule has 1 aromatic carbocycles. The van der Waals surface area contributed by atoms with Crippen molar-refractivity contribution >= 4 is 40.2 Å². The first-order valence-electron chi connectivity index (χ1n) is 2.35. The highest BCUT2D eigenvalue weighted by Gasteiger charge is 1.96. The number of rotatable bonds is 0. The van der Waals surface area contributed by atoms with E-state index in [9.17, 15) is 0 Å². The van der Waals surface area contributed by atoms with Gasteiger partial charge in [-0.1, -0.05) is 17.7 Å². The van der Waals surface area contributed by atoms with Crippen molar-refractivity contribution in [1.29, 1.82) is 0 Å². The van der Waals surface area contributed by atoms with Gasteiger partial charge in [0.25, 0.3) is 0 Å². The van der Waals surface area contributed by atoms with Crippen LogP contribution in [0.5, 0.6) is 0 Å². The van der Waals surface area contributed by atoms with E-state index in [4.69, 9.17) is 11.6 Å². The van der Waals surface area contributed by atoms with Crippen molar-refractivity contribution in [2.45, 2.75) is 4.90 Å². The van der Waals surface area contributed by atoms with E-state index >= 15 is 0 Å². The lowest BCUT2D eigenvalue weighted by molar-refractivity contribution is 1.42. The van der Waals surface area contributed by atoms with Gasteiger partial charge in [-0.05, 0) is 28.1 Å². The fourth-order valence-electron chi connectivity index (χ4n) is 0.489. The number of hydrogen-bond acceptors (Lipinski definition) is 1. The van der Waals surface area contributed by atoms with Crippen LogP contribution in [0.4, 0.5) is 0 Å². The molecule has 0 amide bonds. The van der Waals surface area contributed by atoms with Crippen LogP contribution in [-0.4, -0.2) is 0 Å². The minimum absolute atomic E-state index is 0.674. The molecule has 0 fully saturated rings. The predicted molar refractivity (Wildman–Crippen MR) is 46.4 cm³/mol. The van der Waals surface area contributed by atoms with E-state index in [-0.39, 0.29) is 0 Å². The van der Waals surface area contributed by atoms with E-state index < -0.39 is 0 Å². The molecule has 0 aromatic heterocycles. The van der Waals surface area contributed by atoms with Crippen LogP contribution in [0.2, 0.25) is 5.02 Å². The molecule has 0 saturated heterocycles. The Labute approximate surface area is 72.8 Å². The van der Waals surface area contributed by atoms with Crippen LogP contribution in [0.25, 0.3) is 0 Å². The van der Waals surface area contributed by atoms with Gasteiger partial charge in [0.1, 0.15) is 0 Å². The summed E-state index contributed by atoms with van der Waals surface area (Å²) in [5, 5.41) is 0.674. The van der Waals surface area contributed by atoms with Crippen molar-refractivity contribution < 1.29 is 0 Å². The smallest absolute Gasteiger partial charge is 0.0550 e. The highest BCUT2D eigenvalue weighted by atomic mass is 79.9. The molecule has 0 unspecified atom stereocenters. The summed E-state index contributed by atoms with van der Waals surface area (Å²) < 4.78 is 0.929. The Morgan fingerprint density at radius 3 is 2.56 bits per heavy atom. The van der Waals surface area contributed by atoms with Crippen LogP contribution in [0, 0.1) is 0 Å². The second-order valence-electron chi connectivity index (χ2n) is 1.57. The van der Waals surface area contributed by atoms with Gasteiger partial charge in [0, 0.05) is 9.37 Å². The number of thiol groups is 1. The van der Waals surface area contributed by atoms with E-state index in [1.807, 2.05) is 12.1 Å². The van der Waals surface area contributed by atoms with E-state index in [0.29, 0.717) is 5.02 Å². The van der Waals surface area contributed by atoms with Gasteiger partial charge < -0.3 is 0 Å². The van der Waals surface area contributed by atoms with Gasteiger partial charge in [-0.25, -0.2) is 0 Å². The summed E-state index contributed by atoms with van der Waals surface area (Å²) in [6.07, 6.45) is 0. The van der Waals surface area contributed by atoms with Crippen LogP contribution in [-0.2, 0) is 0 Å². The fourth-order valence-corrected chi connectivity index (χ4v) is 1.29. The largest absolute Gasteiger partial charge is 0.141 e. The van der Waals surface area contributed by atoms with Crippen LogP contribution in [0.15, 0.2) is 27.6 Å². The molecule has 0 bridgehead atoms. The Kier molecular flexibility index (Phi) is 2.44. The van der Waals surface area contributed by atoms with E-state index in [1.54, 1.807) is 6.07 Å². The van der Waals surface area contributed by atoms with Crippen LogP contribution in [0.3, 0.4) is 0 Å². The molecule has 0 N–H and O–H groups in total. The molecule has 0 saturated carbocycles. The van der Waals surface area contributed by atoms with Gasteiger partial charge >= 0.3 is 0 Å². The quantitative estimate of drug-likeness (QED) is 0.641. The summed E-state index contributed by atoms with van der Waals surface area (Å²) in [4.78, 5) is 0.791. The van der Waals surface area contributed by atoms with E-state index in [1.165, 1.54) is 0 Å². The summed E-state index contributed by atoms with van der Waals surface area (Å²) in [6.45, 7) is 0. The SMILES string of the molecule is Sc1c(Cl)cccc1Br. The minimum atomic E-state index is 0.674. The maximum atomic E-state index is 5.71. The topological polar surface area (TPSA) is 0 Å². The third-order valence-electron chi connectivity index (χ3n) is 0.938. The van der Waals surface area contributed by atoms with Gasteiger partial charge in [0.2, 0.25) is 0 Å². The average Bonchev–Trinajstić information content (AvgIpc) is 1.83. The Balaban J connectivity index is 3.25. The van der Waals surface area contributed by atoms with Gasteiger partial charge in [-0.15, -0.1) is 12.6 Å². The van der Waals surface area contributed by atoms with Crippen molar-refractivity contribution in [1.82, 2.24) is 0 Å². The number of halogens is 2. The molecule has 48 valence electrons. The first-order valence-corrected chi connectivity index (χ1v) is 3.96. The summed E-state index contributed by atoms with van der Waals surface area (Å²) in [5.74, 6) is 0. The molecule has 1 rings (SSSR count). The molecule has 0 nitrogen and oxygen atoms in total. The normalized spacial score (nSPS) is 9.67. The molecule has 0 aliphatic heterocycles. The molecule has 1 aromatic rings. The first-order chi connectivity index (χ1) is 4.22. The third-order valence-corrected chi connectivity index (χ3v) is 2.83. The molecule has 0 aliphatic rings. The van der Waals surface area contributed by atoms with Crippen molar-refractivity contribution in [3.8, 4) is 0 Å². The van der Waals surface area contributed by atoms with Crippen LogP contribution in [0.1, 0.15) is 0 Å². The van der Waals surface area contributed by atoms with Crippen molar-refractivity contribution in [2.24, 2.45) is 0 Å². The average molecular weight is 224 g/mol. The molecule has 3 heteroatoms. The lowest BCUT2D eigenvalue weighted by atomic mass is 10.4. The molecular weight excluding hydrogens is 219 g/mol. The molecule has 0 heterocycles. The van der Waals surface area contributed by atoms with Gasteiger partial charge in [0.15, 0.2) is 0 Å². The summed E-state index contributed by atoms with van der Waals surface area (Å²) in [7, 11) is 0. The zero-order valence-corrected chi connectivity index (χ0v) is 7.67. The zero-order chi connectivity index (χ0) is 6.85. The number of hydrogen-bond donors (Lipinski definition) is 1. The summed E-state index contributed by atoms with van der Waals surface area (Å²) in [6, 6.07) is 5.56. The zero-order valence-electron chi connectivity index (χ0n) is 4.44. The molecule has 9 heavy (non-hydrogen) atoms. The molecule has 0 atom stereocenters. The third kappa shape index (κ3) is 1.63. The Morgan fingerprint density at radius 1 is 1.44 bits per heavy atom. The number of benzene rings is 1. The Hall–Kier alpha value is 0.340. The molecule has 0 aliphatic carbocycles. The highest BCUT2D eigenvalue weighted by Crippen LogP contribution is 2.27. The first kappa shape index (κ1) is 7.45. The minimum Gasteiger partial charge on any atom is -0.141 e. The lowest BCUT2D eigenvalue weighted by Crippen LogP contribution is -1.69. The predicted octanol–water partition coefficient (Wildman–Crippen LogP) is 3.39. The molecule has 0 radical (unpaired) electrons. The Bertz CT molecular complexity index is 204. The second kappa shape index (κ2) is 2.95. The standard InChI is InChI=1S/C6H4BrClS/c7-4-2-1-3-5(8)6(4)9/h1-3,9H. The van der Waals surface area contributed by atoms with E-state index in [0.717, 1.165) is 9.37 Å². The van der Waals surface area contributed by atoms with Crippen LogP contribution < -0.4 is 0 Å². The monoisotopic (exact) mass is 222 g/mol.